The van der Waals surface area contributed by atoms with Crippen LogP contribution in [0.5, 0.6) is 0 Å². The average molecular weight is 471 g/mol. The molecule has 2 aromatic carbocycles. The van der Waals surface area contributed by atoms with Crippen LogP contribution >= 0.6 is 0 Å². The predicted molar refractivity (Wildman–Crippen MR) is 127 cm³/mol. The highest BCUT2D eigenvalue weighted by molar-refractivity contribution is 7.89. The first-order valence-electron chi connectivity index (χ1n) is 11.3. The smallest absolute Gasteiger partial charge is 0.334 e. The Kier molecular flexibility index (Phi) is 6.88. The van der Waals surface area contributed by atoms with Gasteiger partial charge in [0.2, 0.25) is 5.91 Å². The van der Waals surface area contributed by atoms with E-state index in [1.807, 2.05) is 37.3 Å². The van der Waals surface area contributed by atoms with Gasteiger partial charge in [-0.05, 0) is 44.0 Å². The Morgan fingerprint density at radius 2 is 1.42 bits per heavy atom. The maximum Gasteiger partial charge on any atom is 0.334 e. The number of carbonyl (C=O) groups is 2. The summed E-state index contributed by atoms with van der Waals surface area (Å²) in [5.41, 5.74) is 2.01. The van der Waals surface area contributed by atoms with Crippen LogP contribution in [0.15, 0.2) is 59.5 Å². The zero-order chi connectivity index (χ0) is 23.4. The van der Waals surface area contributed by atoms with Crippen LogP contribution in [0.4, 0.5) is 10.5 Å². The summed E-state index contributed by atoms with van der Waals surface area (Å²) >= 11 is 0. The van der Waals surface area contributed by atoms with Crippen LogP contribution in [0.3, 0.4) is 0 Å². The molecule has 9 heteroatoms. The van der Waals surface area contributed by atoms with E-state index in [4.69, 9.17) is 0 Å². The largest absolute Gasteiger partial charge is 0.368 e. The molecule has 2 saturated heterocycles. The molecule has 0 atom stereocenters. The van der Waals surface area contributed by atoms with Gasteiger partial charge in [0.1, 0.15) is 6.54 Å². The van der Waals surface area contributed by atoms with E-state index in [1.54, 1.807) is 17.0 Å². The molecule has 33 heavy (non-hydrogen) atoms. The van der Waals surface area contributed by atoms with Gasteiger partial charge in [-0.15, -0.1) is 0 Å². The second kappa shape index (κ2) is 9.82. The molecule has 2 fully saturated rings. The molecule has 2 aromatic rings. The van der Waals surface area contributed by atoms with Crippen LogP contribution in [-0.2, 0) is 14.8 Å². The molecule has 8 nitrogen and oxygen atoms in total. The van der Waals surface area contributed by atoms with E-state index in [0.717, 1.165) is 28.4 Å². The van der Waals surface area contributed by atoms with Crippen LogP contribution in [0.2, 0.25) is 0 Å². The number of anilines is 1. The first-order valence-corrected chi connectivity index (χ1v) is 12.8. The number of rotatable bonds is 5. The molecule has 3 amide bonds. The Morgan fingerprint density at radius 3 is 2.03 bits per heavy atom. The minimum atomic E-state index is -4.16. The Labute approximate surface area is 195 Å². The summed E-state index contributed by atoms with van der Waals surface area (Å²) in [7, 11) is -4.16. The molecule has 0 aromatic heterocycles. The minimum absolute atomic E-state index is 0.0161. The van der Waals surface area contributed by atoms with Crippen molar-refractivity contribution in [1.29, 1.82) is 0 Å². The molecule has 2 aliphatic heterocycles. The predicted octanol–water partition coefficient (Wildman–Crippen LogP) is 2.55. The van der Waals surface area contributed by atoms with Crippen molar-refractivity contribution in [2.75, 3.05) is 50.7 Å². The number of nitrogens with zero attached hydrogens (tertiary/aromatic N) is 4. The molecular formula is C24H30N4O4S. The molecule has 0 unspecified atom stereocenters. The average Bonchev–Trinajstić information content (AvgIpc) is 3.38. The second-order valence-electron chi connectivity index (χ2n) is 8.50. The number of aryl methyl sites for hydroxylation is 1. The van der Waals surface area contributed by atoms with E-state index in [1.165, 1.54) is 17.0 Å². The van der Waals surface area contributed by atoms with E-state index >= 15 is 0 Å². The van der Waals surface area contributed by atoms with Crippen LogP contribution in [0.1, 0.15) is 18.4 Å². The first kappa shape index (κ1) is 23.1. The fraction of sp³-hybridized carbons (Fsp3) is 0.417. The van der Waals surface area contributed by atoms with Crippen molar-refractivity contribution in [3.8, 4) is 0 Å². The van der Waals surface area contributed by atoms with Gasteiger partial charge in [0.15, 0.2) is 0 Å². The van der Waals surface area contributed by atoms with E-state index < -0.39 is 22.6 Å². The maximum atomic E-state index is 13.4. The normalized spacial score (nSPS) is 16.7. The number of likely N-dealkylation sites (tertiary alicyclic amines) is 1. The number of piperazine rings is 1. The third-order valence-electron chi connectivity index (χ3n) is 6.23. The van der Waals surface area contributed by atoms with Gasteiger partial charge < -0.3 is 14.7 Å². The number of para-hydroxylation sites is 1. The number of sulfonamides is 1. The molecule has 0 saturated carbocycles. The van der Waals surface area contributed by atoms with Crippen molar-refractivity contribution < 1.29 is 18.0 Å². The Balaban J connectivity index is 1.50. The highest BCUT2D eigenvalue weighted by atomic mass is 32.2. The van der Waals surface area contributed by atoms with Gasteiger partial charge >= 0.3 is 6.03 Å². The lowest BCUT2D eigenvalue weighted by atomic mass is 10.2. The number of benzene rings is 2. The van der Waals surface area contributed by atoms with E-state index in [-0.39, 0.29) is 10.8 Å². The molecule has 0 N–H and O–H groups in total. The summed E-state index contributed by atoms with van der Waals surface area (Å²) in [6, 6.07) is 15.7. The summed E-state index contributed by atoms with van der Waals surface area (Å²) in [4.78, 5) is 31.7. The minimum Gasteiger partial charge on any atom is -0.368 e. The molecule has 176 valence electrons. The van der Waals surface area contributed by atoms with Crippen LogP contribution in [0.25, 0.3) is 0 Å². The zero-order valence-corrected chi connectivity index (χ0v) is 19.7. The van der Waals surface area contributed by atoms with Crippen molar-refractivity contribution in [3.63, 3.8) is 0 Å². The summed E-state index contributed by atoms with van der Waals surface area (Å²) in [6.45, 7) is 4.64. The van der Waals surface area contributed by atoms with E-state index in [9.17, 15) is 18.0 Å². The third kappa shape index (κ3) is 5.13. The van der Waals surface area contributed by atoms with Gasteiger partial charge in [-0.2, -0.15) is 0 Å². The first-order chi connectivity index (χ1) is 15.9. The topological polar surface area (TPSA) is 81.2 Å². The summed E-state index contributed by atoms with van der Waals surface area (Å²) in [5, 5.41) is 0. The molecule has 0 bridgehead atoms. The van der Waals surface area contributed by atoms with Gasteiger partial charge in [-0.25, -0.2) is 17.5 Å². The summed E-state index contributed by atoms with van der Waals surface area (Å²) in [6.07, 6.45) is 1.67. The van der Waals surface area contributed by atoms with Gasteiger partial charge in [-0.3, -0.25) is 4.79 Å². The lowest BCUT2D eigenvalue weighted by Crippen LogP contribution is -2.54. The number of hydrogen-bond acceptors (Lipinski definition) is 5. The van der Waals surface area contributed by atoms with Crippen LogP contribution < -0.4 is 4.90 Å². The maximum absolute atomic E-state index is 13.4. The third-order valence-corrected chi connectivity index (χ3v) is 7.96. The van der Waals surface area contributed by atoms with Crippen molar-refractivity contribution in [2.45, 2.75) is 24.7 Å². The van der Waals surface area contributed by atoms with Crippen molar-refractivity contribution in [3.05, 3.63) is 60.2 Å². The molecular weight excluding hydrogens is 440 g/mol. The standard InChI is InChI=1S/C24H30N4O4S/c1-20-9-11-22(12-10-20)33(31,32)28(24(30)27-13-5-6-14-27)19-23(29)26-17-15-25(16-18-26)21-7-3-2-4-8-21/h2-4,7-12H,5-6,13-19H2,1H3. The quantitative estimate of drug-likeness (QED) is 0.671. The lowest BCUT2D eigenvalue weighted by molar-refractivity contribution is -0.131. The second-order valence-corrected chi connectivity index (χ2v) is 10.4. The Bertz CT molecular complexity index is 1080. The Morgan fingerprint density at radius 1 is 0.818 bits per heavy atom. The number of amides is 3. The van der Waals surface area contributed by atoms with E-state index in [2.05, 4.69) is 4.90 Å². The molecule has 0 aliphatic carbocycles. The zero-order valence-electron chi connectivity index (χ0n) is 18.9. The van der Waals surface area contributed by atoms with Crippen LogP contribution in [-0.4, -0.2) is 80.3 Å². The fourth-order valence-corrected chi connectivity index (χ4v) is 5.57. The molecule has 0 spiro atoms. The molecule has 0 radical (unpaired) electrons. The summed E-state index contributed by atoms with van der Waals surface area (Å²) < 4.78 is 27.6. The lowest BCUT2D eigenvalue weighted by Gasteiger charge is -2.37. The van der Waals surface area contributed by atoms with Gasteiger partial charge in [0.25, 0.3) is 10.0 Å². The van der Waals surface area contributed by atoms with Crippen molar-refractivity contribution >= 4 is 27.6 Å². The van der Waals surface area contributed by atoms with Crippen LogP contribution in [0, 0.1) is 6.92 Å². The SMILES string of the molecule is Cc1ccc(S(=O)(=O)N(CC(=O)N2CCN(c3ccccc3)CC2)C(=O)N2CCCC2)cc1. The Hall–Kier alpha value is -3.07. The van der Waals surface area contributed by atoms with Crippen molar-refractivity contribution in [2.24, 2.45) is 0 Å². The molecule has 2 aliphatic rings. The number of hydrogen-bond donors (Lipinski definition) is 0. The molecule has 4 rings (SSSR count). The highest BCUT2D eigenvalue weighted by Gasteiger charge is 2.36. The highest BCUT2D eigenvalue weighted by Crippen LogP contribution is 2.21. The van der Waals surface area contributed by atoms with Crippen molar-refractivity contribution in [1.82, 2.24) is 14.1 Å². The monoisotopic (exact) mass is 470 g/mol. The van der Waals surface area contributed by atoms with Gasteiger partial charge in [-0.1, -0.05) is 35.9 Å². The number of carbonyl (C=O) groups excluding carboxylic acids is 2. The van der Waals surface area contributed by atoms with Gasteiger partial charge in [0, 0.05) is 45.0 Å². The number of urea groups is 1. The van der Waals surface area contributed by atoms with E-state index in [0.29, 0.717) is 39.3 Å². The molecule has 2 heterocycles. The van der Waals surface area contributed by atoms with Gasteiger partial charge in [0.05, 0.1) is 4.90 Å². The summed E-state index contributed by atoms with van der Waals surface area (Å²) in [5.74, 6) is -0.356. The fourth-order valence-electron chi connectivity index (χ4n) is 4.23.